The molecule has 2 aromatic rings. The Morgan fingerprint density at radius 1 is 1.35 bits per heavy atom. The zero-order valence-corrected chi connectivity index (χ0v) is 10.3. The Balaban J connectivity index is 1.79. The molecule has 1 unspecified atom stereocenters. The number of imidazole rings is 1. The lowest BCUT2D eigenvalue weighted by atomic mass is 10.0. The Morgan fingerprint density at radius 2 is 2.24 bits per heavy atom. The standard InChI is InChI=1S/C14H19N3/c1-11-6-4-5-9-17(11)10-14-15-12-7-2-3-8-13(12)16-14/h2-3,7-8,11H,4-6,9-10H2,1H3,(H,15,16). The molecule has 0 aliphatic carbocycles. The van der Waals surface area contributed by atoms with Gasteiger partial charge in [-0.1, -0.05) is 18.6 Å². The smallest absolute Gasteiger partial charge is 0.121 e. The molecule has 90 valence electrons. The lowest BCUT2D eigenvalue weighted by Gasteiger charge is -2.32. The molecule has 1 aromatic heterocycles. The van der Waals surface area contributed by atoms with Crippen LogP contribution in [0.3, 0.4) is 0 Å². The van der Waals surface area contributed by atoms with Gasteiger partial charge in [-0.25, -0.2) is 4.98 Å². The van der Waals surface area contributed by atoms with Crippen LogP contribution >= 0.6 is 0 Å². The third-order valence-corrected chi connectivity index (χ3v) is 3.73. The number of likely N-dealkylation sites (tertiary alicyclic amines) is 1. The van der Waals surface area contributed by atoms with E-state index < -0.39 is 0 Å². The zero-order valence-electron chi connectivity index (χ0n) is 10.3. The zero-order chi connectivity index (χ0) is 11.7. The van der Waals surface area contributed by atoms with Gasteiger partial charge >= 0.3 is 0 Å². The highest BCUT2D eigenvalue weighted by Gasteiger charge is 2.19. The SMILES string of the molecule is CC1CCCCN1Cc1nc2ccccc2[nH]1. The van der Waals surface area contributed by atoms with Crippen LogP contribution in [-0.4, -0.2) is 27.5 Å². The molecule has 0 bridgehead atoms. The average molecular weight is 229 g/mol. The first-order valence-electron chi connectivity index (χ1n) is 6.50. The maximum absolute atomic E-state index is 4.64. The minimum atomic E-state index is 0.692. The van der Waals surface area contributed by atoms with Gasteiger partial charge in [0.1, 0.15) is 5.82 Å². The maximum atomic E-state index is 4.64. The van der Waals surface area contributed by atoms with Crippen molar-refractivity contribution in [1.82, 2.24) is 14.9 Å². The van der Waals surface area contributed by atoms with Gasteiger partial charge in [0.2, 0.25) is 0 Å². The van der Waals surface area contributed by atoms with Gasteiger partial charge in [-0.05, 0) is 38.4 Å². The molecular formula is C14H19N3. The number of aromatic nitrogens is 2. The summed E-state index contributed by atoms with van der Waals surface area (Å²) in [6.07, 6.45) is 4.02. The van der Waals surface area contributed by atoms with Gasteiger partial charge in [0.05, 0.1) is 17.6 Å². The van der Waals surface area contributed by atoms with Crippen molar-refractivity contribution in [2.45, 2.75) is 38.8 Å². The highest BCUT2D eigenvalue weighted by atomic mass is 15.2. The molecule has 0 amide bonds. The lowest BCUT2D eigenvalue weighted by Crippen LogP contribution is -2.37. The Morgan fingerprint density at radius 3 is 3.06 bits per heavy atom. The first kappa shape index (κ1) is 10.8. The van der Waals surface area contributed by atoms with Gasteiger partial charge in [0.15, 0.2) is 0 Å². The largest absolute Gasteiger partial charge is 0.341 e. The van der Waals surface area contributed by atoms with Crippen molar-refractivity contribution in [3.05, 3.63) is 30.1 Å². The van der Waals surface area contributed by atoms with E-state index in [-0.39, 0.29) is 0 Å². The number of rotatable bonds is 2. The predicted molar refractivity (Wildman–Crippen MR) is 69.8 cm³/mol. The summed E-state index contributed by atoms with van der Waals surface area (Å²) >= 11 is 0. The van der Waals surface area contributed by atoms with E-state index in [0.717, 1.165) is 23.4 Å². The van der Waals surface area contributed by atoms with Crippen LogP contribution < -0.4 is 0 Å². The monoisotopic (exact) mass is 229 g/mol. The molecule has 17 heavy (non-hydrogen) atoms. The second-order valence-corrected chi connectivity index (χ2v) is 5.02. The molecule has 1 aliphatic heterocycles. The third-order valence-electron chi connectivity index (χ3n) is 3.73. The fourth-order valence-corrected chi connectivity index (χ4v) is 2.67. The summed E-state index contributed by atoms with van der Waals surface area (Å²) in [5, 5.41) is 0. The van der Waals surface area contributed by atoms with Crippen molar-refractivity contribution in [3.8, 4) is 0 Å². The minimum absolute atomic E-state index is 0.692. The molecule has 1 aromatic carbocycles. The maximum Gasteiger partial charge on any atom is 0.121 e. The molecule has 1 saturated heterocycles. The second kappa shape index (κ2) is 4.49. The van der Waals surface area contributed by atoms with E-state index in [0.29, 0.717) is 6.04 Å². The van der Waals surface area contributed by atoms with E-state index in [4.69, 9.17) is 0 Å². The van der Waals surface area contributed by atoms with Gasteiger partial charge in [-0.2, -0.15) is 0 Å². The number of hydrogen-bond acceptors (Lipinski definition) is 2. The Kier molecular flexibility index (Phi) is 2.85. The Hall–Kier alpha value is -1.35. The normalized spacial score (nSPS) is 22.1. The van der Waals surface area contributed by atoms with E-state index in [9.17, 15) is 0 Å². The van der Waals surface area contributed by atoms with E-state index in [1.165, 1.54) is 25.8 Å². The van der Waals surface area contributed by atoms with Crippen molar-refractivity contribution in [3.63, 3.8) is 0 Å². The number of nitrogens with zero attached hydrogens (tertiary/aromatic N) is 2. The van der Waals surface area contributed by atoms with Crippen LogP contribution in [0, 0.1) is 0 Å². The first-order valence-corrected chi connectivity index (χ1v) is 6.50. The van der Waals surface area contributed by atoms with Crippen molar-refractivity contribution < 1.29 is 0 Å². The van der Waals surface area contributed by atoms with Gasteiger partial charge in [-0.3, -0.25) is 4.90 Å². The van der Waals surface area contributed by atoms with Crippen LogP contribution in [0.4, 0.5) is 0 Å². The van der Waals surface area contributed by atoms with Gasteiger partial charge in [-0.15, -0.1) is 0 Å². The highest BCUT2D eigenvalue weighted by Crippen LogP contribution is 2.19. The van der Waals surface area contributed by atoms with E-state index in [1.54, 1.807) is 0 Å². The van der Waals surface area contributed by atoms with Crippen LogP contribution in [0.2, 0.25) is 0 Å². The van der Waals surface area contributed by atoms with Crippen LogP contribution in [0.1, 0.15) is 32.0 Å². The first-order chi connectivity index (χ1) is 8.33. The van der Waals surface area contributed by atoms with Crippen molar-refractivity contribution >= 4 is 11.0 Å². The summed E-state index contributed by atoms with van der Waals surface area (Å²) in [6.45, 7) is 4.48. The molecule has 0 saturated carbocycles. The number of aromatic amines is 1. The second-order valence-electron chi connectivity index (χ2n) is 5.02. The van der Waals surface area contributed by atoms with Crippen molar-refractivity contribution in [2.75, 3.05) is 6.54 Å². The summed E-state index contributed by atoms with van der Waals surface area (Å²) in [4.78, 5) is 10.6. The Bertz CT molecular complexity index is 470. The number of piperidine rings is 1. The molecule has 1 N–H and O–H groups in total. The van der Waals surface area contributed by atoms with Crippen LogP contribution in [0.5, 0.6) is 0 Å². The molecule has 1 atom stereocenters. The van der Waals surface area contributed by atoms with Gasteiger partial charge in [0, 0.05) is 6.04 Å². The average Bonchev–Trinajstić information content (AvgIpc) is 2.74. The minimum Gasteiger partial charge on any atom is -0.341 e. The molecule has 3 nitrogen and oxygen atoms in total. The Labute approximate surface area is 102 Å². The molecular weight excluding hydrogens is 210 g/mol. The van der Waals surface area contributed by atoms with Gasteiger partial charge in [0.25, 0.3) is 0 Å². The van der Waals surface area contributed by atoms with E-state index in [2.05, 4.69) is 33.9 Å². The van der Waals surface area contributed by atoms with E-state index >= 15 is 0 Å². The summed E-state index contributed by atoms with van der Waals surface area (Å²) in [7, 11) is 0. The molecule has 3 rings (SSSR count). The van der Waals surface area contributed by atoms with Crippen molar-refractivity contribution in [2.24, 2.45) is 0 Å². The van der Waals surface area contributed by atoms with Crippen LogP contribution in [0.15, 0.2) is 24.3 Å². The molecule has 0 spiro atoms. The number of H-pyrrole nitrogens is 1. The quantitative estimate of drug-likeness (QED) is 0.858. The molecule has 1 aliphatic rings. The fraction of sp³-hybridized carbons (Fsp3) is 0.500. The van der Waals surface area contributed by atoms with E-state index in [1.807, 2.05) is 12.1 Å². The number of nitrogens with one attached hydrogen (secondary N) is 1. The third kappa shape index (κ3) is 2.20. The van der Waals surface area contributed by atoms with Gasteiger partial charge < -0.3 is 4.98 Å². The molecule has 0 radical (unpaired) electrons. The summed E-state index contributed by atoms with van der Waals surface area (Å²) < 4.78 is 0. The lowest BCUT2D eigenvalue weighted by molar-refractivity contribution is 0.149. The number of fused-ring (bicyclic) bond motifs is 1. The molecule has 1 fully saturated rings. The van der Waals surface area contributed by atoms with Crippen LogP contribution in [-0.2, 0) is 6.54 Å². The highest BCUT2D eigenvalue weighted by molar-refractivity contribution is 5.74. The summed E-state index contributed by atoms with van der Waals surface area (Å²) in [6, 6.07) is 8.93. The molecule has 3 heteroatoms. The summed E-state index contributed by atoms with van der Waals surface area (Å²) in [5.74, 6) is 1.10. The summed E-state index contributed by atoms with van der Waals surface area (Å²) in [5.41, 5.74) is 2.22. The number of benzene rings is 1. The van der Waals surface area contributed by atoms with Crippen molar-refractivity contribution in [1.29, 1.82) is 0 Å². The topological polar surface area (TPSA) is 31.9 Å². The number of hydrogen-bond donors (Lipinski definition) is 1. The fourth-order valence-electron chi connectivity index (χ4n) is 2.67. The molecule has 2 heterocycles. The predicted octanol–water partition coefficient (Wildman–Crippen LogP) is 2.94. The van der Waals surface area contributed by atoms with Crippen LogP contribution in [0.25, 0.3) is 11.0 Å². The number of para-hydroxylation sites is 2.